The number of nitrogens with zero attached hydrogens (tertiary/aromatic N) is 1. The van der Waals surface area contributed by atoms with E-state index in [9.17, 15) is 5.11 Å². The summed E-state index contributed by atoms with van der Waals surface area (Å²) in [6.45, 7) is 5.95. The van der Waals surface area contributed by atoms with Crippen LogP contribution < -0.4 is 5.32 Å². The van der Waals surface area contributed by atoms with E-state index in [0.717, 1.165) is 12.8 Å². The van der Waals surface area contributed by atoms with E-state index < -0.39 is 0 Å². The molecule has 1 heterocycles. The van der Waals surface area contributed by atoms with Gasteiger partial charge in [-0.25, -0.2) is 0 Å². The standard InChI is InChI=1S/C14H28N2O/c1-2-16-9-4-6-12(8-10-16)15-13-5-3-7-14(17)11-13/h12-15,17H,2-11H2,1H3. The van der Waals surface area contributed by atoms with Crippen LogP contribution in [0, 0.1) is 0 Å². The number of hydrogen-bond donors (Lipinski definition) is 2. The van der Waals surface area contributed by atoms with Crippen LogP contribution in [0.4, 0.5) is 0 Å². The maximum absolute atomic E-state index is 9.70. The van der Waals surface area contributed by atoms with Gasteiger partial charge >= 0.3 is 0 Å². The molecule has 0 amide bonds. The molecule has 1 saturated heterocycles. The highest BCUT2D eigenvalue weighted by molar-refractivity contribution is 4.82. The van der Waals surface area contributed by atoms with Gasteiger partial charge in [-0.05, 0) is 64.6 Å². The van der Waals surface area contributed by atoms with Crippen LogP contribution in [0.3, 0.4) is 0 Å². The van der Waals surface area contributed by atoms with E-state index >= 15 is 0 Å². The first-order chi connectivity index (χ1) is 8.28. The predicted octanol–water partition coefficient (Wildman–Crippen LogP) is 1.75. The van der Waals surface area contributed by atoms with Crippen LogP contribution >= 0.6 is 0 Å². The molecule has 3 nitrogen and oxygen atoms in total. The highest BCUT2D eigenvalue weighted by Gasteiger charge is 2.23. The van der Waals surface area contributed by atoms with Crippen molar-refractivity contribution < 1.29 is 5.11 Å². The van der Waals surface area contributed by atoms with Gasteiger partial charge in [-0.2, -0.15) is 0 Å². The summed E-state index contributed by atoms with van der Waals surface area (Å²) in [6, 6.07) is 1.25. The maximum atomic E-state index is 9.70. The van der Waals surface area contributed by atoms with Gasteiger partial charge in [0.2, 0.25) is 0 Å². The Kier molecular flexibility index (Phi) is 5.26. The van der Waals surface area contributed by atoms with Crippen molar-refractivity contribution in [3.05, 3.63) is 0 Å². The van der Waals surface area contributed by atoms with Gasteiger partial charge in [0, 0.05) is 12.1 Å². The van der Waals surface area contributed by atoms with E-state index in [4.69, 9.17) is 0 Å². The van der Waals surface area contributed by atoms with Gasteiger partial charge in [0.15, 0.2) is 0 Å². The third-order valence-corrected chi connectivity index (χ3v) is 4.39. The van der Waals surface area contributed by atoms with Gasteiger partial charge in [0.05, 0.1) is 6.10 Å². The van der Waals surface area contributed by atoms with E-state index in [-0.39, 0.29) is 6.10 Å². The van der Waals surface area contributed by atoms with Crippen molar-refractivity contribution >= 4 is 0 Å². The zero-order valence-electron chi connectivity index (χ0n) is 11.2. The molecule has 0 aromatic heterocycles. The van der Waals surface area contributed by atoms with Crippen LogP contribution in [0.5, 0.6) is 0 Å². The molecule has 0 bridgehead atoms. The number of likely N-dealkylation sites (tertiary alicyclic amines) is 1. The van der Waals surface area contributed by atoms with Gasteiger partial charge < -0.3 is 15.3 Å². The quantitative estimate of drug-likeness (QED) is 0.789. The largest absolute Gasteiger partial charge is 0.393 e. The Morgan fingerprint density at radius 1 is 1.06 bits per heavy atom. The van der Waals surface area contributed by atoms with Crippen LogP contribution in [0.2, 0.25) is 0 Å². The number of hydrogen-bond acceptors (Lipinski definition) is 3. The number of rotatable bonds is 3. The fraction of sp³-hybridized carbons (Fsp3) is 1.00. The summed E-state index contributed by atoms with van der Waals surface area (Å²) >= 11 is 0. The van der Waals surface area contributed by atoms with Crippen molar-refractivity contribution in [3.63, 3.8) is 0 Å². The average molecular weight is 240 g/mol. The second-order valence-electron chi connectivity index (χ2n) is 5.75. The van der Waals surface area contributed by atoms with Gasteiger partial charge in [-0.3, -0.25) is 0 Å². The SMILES string of the molecule is CCN1CCCC(NC2CCCC(O)C2)CC1. The fourth-order valence-electron chi connectivity index (χ4n) is 3.29. The van der Waals surface area contributed by atoms with E-state index in [0.29, 0.717) is 12.1 Å². The van der Waals surface area contributed by atoms with Gasteiger partial charge in [-0.15, -0.1) is 0 Å². The van der Waals surface area contributed by atoms with Crippen LogP contribution in [0.15, 0.2) is 0 Å². The molecule has 2 rings (SSSR count). The summed E-state index contributed by atoms with van der Waals surface area (Å²) in [6.07, 6.45) is 8.27. The van der Waals surface area contributed by atoms with E-state index in [1.165, 1.54) is 51.7 Å². The van der Waals surface area contributed by atoms with Crippen molar-refractivity contribution in [3.8, 4) is 0 Å². The summed E-state index contributed by atoms with van der Waals surface area (Å²) in [7, 11) is 0. The number of aliphatic hydroxyl groups is 1. The first-order valence-corrected chi connectivity index (χ1v) is 7.44. The van der Waals surface area contributed by atoms with Crippen LogP contribution in [0.1, 0.15) is 51.9 Å². The van der Waals surface area contributed by atoms with Crippen molar-refractivity contribution in [2.45, 2.75) is 70.1 Å². The topological polar surface area (TPSA) is 35.5 Å². The van der Waals surface area contributed by atoms with E-state index in [2.05, 4.69) is 17.1 Å². The third-order valence-electron chi connectivity index (χ3n) is 4.39. The molecular weight excluding hydrogens is 212 g/mol. The molecule has 2 fully saturated rings. The Hall–Kier alpha value is -0.120. The van der Waals surface area contributed by atoms with Gasteiger partial charge in [0.25, 0.3) is 0 Å². The van der Waals surface area contributed by atoms with Gasteiger partial charge in [-0.1, -0.05) is 6.92 Å². The van der Waals surface area contributed by atoms with Crippen LogP contribution in [-0.4, -0.2) is 47.8 Å². The lowest BCUT2D eigenvalue weighted by Gasteiger charge is -2.30. The summed E-state index contributed by atoms with van der Waals surface area (Å²) in [4.78, 5) is 2.55. The van der Waals surface area contributed by atoms with E-state index in [1.807, 2.05) is 0 Å². The number of aliphatic hydroxyl groups excluding tert-OH is 1. The average Bonchev–Trinajstić information content (AvgIpc) is 2.54. The lowest BCUT2D eigenvalue weighted by atomic mass is 9.92. The summed E-state index contributed by atoms with van der Waals surface area (Å²) in [5.74, 6) is 0. The summed E-state index contributed by atoms with van der Waals surface area (Å²) in [5.41, 5.74) is 0. The number of nitrogens with one attached hydrogen (secondary N) is 1. The molecule has 2 aliphatic rings. The third kappa shape index (κ3) is 4.23. The van der Waals surface area contributed by atoms with Crippen molar-refractivity contribution in [2.24, 2.45) is 0 Å². The molecule has 0 aromatic rings. The lowest BCUT2D eigenvalue weighted by molar-refractivity contribution is 0.108. The smallest absolute Gasteiger partial charge is 0.0555 e. The Bertz CT molecular complexity index is 222. The molecule has 0 aromatic carbocycles. The Morgan fingerprint density at radius 2 is 1.88 bits per heavy atom. The molecule has 3 unspecified atom stereocenters. The highest BCUT2D eigenvalue weighted by Crippen LogP contribution is 2.20. The predicted molar refractivity (Wildman–Crippen MR) is 71.2 cm³/mol. The zero-order chi connectivity index (χ0) is 12.1. The first kappa shape index (κ1) is 13.3. The summed E-state index contributed by atoms with van der Waals surface area (Å²) in [5, 5.41) is 13.5. The summed E-state index contributed by atoms with van der Waals surface area (Å²) < 4.78 is 0. The zero-order valence-corrected chi connectivity index (χ0v) is 11.2. The molecule has 3 heteroatoms. The molecule has 2 N–H and O–H groups in total. The molecule has 100 valence electrons. The minimum atomic E-state index is -0.0563. The molecule has 1 aliphatic heterocycles. The second-order valence-corrected chi connectivity index (χ2v) is 5.75. The first-order valence-electron chi connectivity index (χ1n) is 7.44. The molecule has 3 atom stereocenters. The molecule has 1 saturated carbocycles. The van der Waals surface area contributed by atoms with E-state index in [1.54, 1.807) is 0 Å². The van der Waals surface area contributed by atoms with Gasteiger partial charge in [0.1, 0.15) is 0 Å². The van der Waals surface area contributed by atoms with Crippen molar-refractivity contribution in [1.82, 2.24) is 10.2 Å². The van der Waals surface area contributed by atoms with Crippen molar-refractivity contribution in [2.75, 3.05) is 19.6 Å². The lowest BCUT2D eigenvalue weighted by Crippen LogP contribution is -2.42. The van der Waals surface area contributed by atoms with Crippen LogP contribution in [-0.2, 0) is 0 Å². The molecular formula is C14H28N2O. The fourth-order valence-corrected chi connectivity index (χ4v) is 3.29. The molecule has 17 heavy (non-hydrogen) atoms. The minimum Gasteiger partial charge on any atom is -0.393 e. The normalized spacial score (nSPS) is 36.7. The van der Waals surface area contributed by atoms with Crippen molar-refractivity contribution in [1.29, 1.82) is 0 Å². The molecule has 0 radical (unpaired) electrons. The minimum absolute atomic E-state index is 0.0563. The second kappa shape index (κ2) is 6.72. The highest BCUT2D eigenvalue weighted by atomic mass is 16.3. The Balaban J connectivity index is 1.74. The Morgan fingerprint density at radius 3 is 2.65 bits per heavy atom. The monoisotopic (exact) mass is 240 g/mol. The molecule has 0 spiro atoms. The Labute approximate surface area is 106 Å². The molecule has 1 aliphatic carbocycles. The maximum Gasteiger partial charge on any atom is 0.0555 e. The van der Waals surface area contributed by atoms with Crippen LogP contribution in [0.25, 0.3) is 0 Å².